The van der Waals surface area contributed by atoms with Crippen molar-refractivity contribution >= 4 is 34.1 Å². The van der Waals surface area contributed by atoms with Crippen molar-refractivity contribution in [1.82, 2.24) is 4.98 Å². The van der Waals surface area contributed by atoms with Crippen molar-refractivity contribution in [2.45, 2.75) is 0 Å². The zero-order chi connectivity index (χ0) is 14.8. The second-order valence-electron chi connectivity index (χ2n) is 4.51. The molecule has 0 saturated heterocycles. The summed E-state index contributed by atoms with van der Waals surface area (Å²) in [6, 6.07) is 14.2. The lowest BCUT2D eigenvalue weighted by molar-refractivity contribution is 0.102. The number of amides is 1. The summed E-state index contributed by atoms with van der Waals surface area (Å²) in [5, 5.41) is 12.9. The number of hydrogen-bond donors (Lipinski definition) is 2. The Balaban J connectivity index is 1.92. The van der Waals surface area contributed by atoms with E-state index in [1.165, 1.54) is 0 Å². The highest BCUT2D eigenvalue weighted by molar-refractivity contribution is 6.32. The molecule has 0 spiro atoms. The number of anilines is 1. The van der Waals surface area contributed by atoms with Crippen LogP contribution in [0.4, 0.5) is 5.69 Å². The third-order valence-electron chi connectivity index (χ3n) is 3.18. The lowest BCUT2D eigenvalue weighted by atomic mass is 10.1. The first-order valence-corrected chi connectivity index (χ1v) is 6.64. The summed E-state index contributed by atoms with van der Waals surface area (Å²) in [5.41, 5.74) is 2.27. The van der Waals surface area contributed by atoms with Crippen molar-refractivity contribution in [1.29, 1.82) is 5.26 Å². The van der Waals surface area contributed by atoms with E-state index in [1.54, 1.807) is 30.5 Å². The van der Waals surface area contributed by atoms with Gasteiger partial charge in [-0.1, -0.05) is 23.7 Å². The van der Waals surface area contributed by atoms with E-state index < -0.39 is 0 Å². The van der Waals surface area contributed by atoms with Gasteiger partial charge in [-0.25, -0.2) is 0 Å². The molecule has 0 radical (unpaired) electrons. The SMILES string of the molecule is N#Cc1ccc(NC(=O)c2cccc3cc[nH]c23)cc1Cl. The summed E-state index contributed by atoms with van der Waals surface area (Å²) in [6.45, 7) is 0. The summed E-state index contributed by atoms with van der Waals surface area (Å²) in [5.74, 6) is -0.233. The van der Waals surface area contributed by atoms with Crippen molar-refractivity contribution in [3.63, 3.8) is 0 Å². The van der Waals surface area contributed by atoms with Gasteiger partial charge in [0, 0.05) is 17.3 Å². The van der Waals surface area contributed by atoms with Crippen LogP contribution in [0, 0.1) is 11.3 Å². The van der Waals surface area contributed by atoms with Crippen molar-refractivity contribution in [2.75, 3.05) is 5.32 Å². The molecule has 4 nitrogen and oxygen atoms in total. The normalized spacial score (nSPS) is 10.3. The molecule has 3 rings (SSSR count). The van der Waals surface area contributed by atoms with Crippen LogP contribution in [0.3, 0.4) is 0 Å². The Bertz CT molecular complexity index is 877. The molecule has 1 aromatic heterocycles. The number of nitrogens with zero attached hydrogens (tertiary/aromatic N) is 1. The number of fused-ring (bicyclic) bond motifs is 1. The number of aromatic amines is 1. The monoisotopic (exact) mass is 295 g/mol. The van der Waals surface area contributed by atoms with Crippen LogP contribution in [-0.2, 0) is 0 Å². The molecule has 2 aromatic carbocycles. The number of aromatic nitrogens is 1. The molecule has 3 aromatic rings. The number of rotatable bonds is 2. The molecule has 0 saturated carbocycles. The Labute approximate surface area is 126 Å². The van der Waals surface area contributed by atoms with Crippen molar-refractivity contribution in [3.05, 3.63) is 64.8 Å². The molecule has 2 N–H and O–H groups in total. The number of para-hydroxylation sites is 1. The average Bonchev–Trinajstić information content (AvgIpc) is 2.95. The second kappa shape index (κ2) is 5.31. The van der Waals surface area contributed by atoms with Crippen LogP contribution in [-0.4, -0.2) is 10.9 Å². The second-order valence-corrected chi connectivity index (χ2v) is 4.92. The minimum absolute atomic E-state index is 0.233. The van der Waals surface area contributed by atoms with E-state index in [9.17, 15) is 4.79 Å². The summed E-state index contributed by atoms with van der Waals surface area (Å²) >= 11 is 5.96. The molecule has 0 aliphatic rings. The van der Waals surface area contributed by atoms with Crippen LogP contribution in [0.1, 0.15) is 15.9 Å². The molecule has 0 fully saturated rings. The molecular formula is C16H10ClN3O. The summed E-state index contributed by atoms with van der Waals surface area (Å²) in [4.78, 5) is 15.4. The third-order valence-corrected chi connectivity index (χ3v) is 3.49. The Kier molecular flexibility index (Phi) is 3.35. The first kappa shape index (κ1) is 13.2. The van der Waals surface area contributed by atoms with E-state index in [1.807, 2.05) is 24.3 Å². The van der Waals surface area contributed by atoms with Crippen LogP contribution < -0.4 is 5.32 Å². The number of hydrogen-bond acceptors (Lipinski definition) is 2. The standard InChI is InChI=1S/C16H10ClN3O/c17-14-8-12(5-4-11(14)9-18)20-16(21)13-3-1-2-10-6-7-19-15(10)13/h1-8,19H,(H,20,21). The molecule has 21 heavy (non-hydrogen) atoms. The molecule has 1 heterocycles. The van der Waals surface area contributed by atoms with Gasteiger partial charge in [-0.3, -0.25) is 4.79 Å². The zero-order valence-corrected chi connectivity index (χ0v) is 11.6. The lowest BCUT2D eigenvalue weighted by Crippen LogP contribution is -2.12. The van der Waals surface area contributed by atoms with Crippen molar-refractivity contribution in [3.8, 4) is 6.07 Å². The Hall–Kier alpha value is -2.77. The Morgan fingerprint density at radius 2 is 2.10 bits per heavy atom. The van der Waals surface area contributed by atoms with Crippen molar-refractivity contribution < 1.29 is 4.79 Å². The van der Waals surface area contributed by atoms with Crippen LogP contribution >= 0.6 is 11.6 Å². The van der Waals surface area contributed by atoms with E-state index in [4.69, 9.17) is 16.9 Å². The fourth-order valence-electron chi connectivity index (χ4n) is 2.16. The minimum atomic E-state index is -0.233. The number of benzene rings is 2. The fraction of sp³-hybridized carbons (Fsp3) is 0. The van der Waals surface area contributed by atoms with Gasteiger partial charge < -0.3 is 10.3 Å². The van der Waals surface area contributed by atoms with E-state index in [2.05, 4.69) is 10.3 Å². The Morgan fingerprint density at radius 3 is 2.86 bits per heavy atom. The smallest absolute Gasteiger partial charge is 0.257 e. The third kappa shape index (κ3) is 2.47. The highest BCUT2D eigenvalue weighted by Crippen LogP contribution is 2.22. The summed E-state index contributed by atoms with van der Waals surface area (Å²) < 4.78 is 0. The maximum absolute atomic E-state index is 12.4. The van der Waals surface area contributed by atoms with E-state index in [0.29, 0.717) is 21.8 Å². The van der Waals surface area contributed by atoms with Crippen LogP contribution in [0.15, 0.2) is 48.7 Å². The molecule has 5 heteroatoms. The predicted octanol–water partition coefficient (Wildman–Crippen LogP) is 3.95. The first-order chi connectivity index (χ1) is 10.2. The Morgan fingerprint density at radius 1 is 1.24 bits per heavy atom. The number of H-pyrrole nitrogens is 1. The minimum Gasteiger partial charge on any atom is -0.361 e. The fourth-order valence-corrected chi connectivity index (χ4v) is 2.38. The van der Waals surface area contributed by atoms with Gasteiger partial charge in [0.25, 0.3) is 5.91 Å². The molecule has 0 aliphatic heterocycles. The summed E-state index contributed by atoms with van der Waals surface area (Å²) in [6.07, 6.45) is 1.79. The molecule has 1 amide bonds. The number of halogens is 1. The maximum atomic E-state index is 12.4. The largest absolute Gasteiger partial charge is 0.361 e. The molecule has 0 unspecified atom stereocenters. The lowest BCUT2D eigenvalue weighted by Gasteiger charge is -2.07. The number of nitriles is 1. The van der Waals surface area contributed by atoms with Gasteiger partial charge in [0.1, 0.15) is 6.07 Å². The van der Waals surface area contributed by atoms with Gasteiger partial charge in [0.05, 0.1) is 21.7 Å². The topological polar surface area (TPSA) is 68.7 Å². The highest BCUT2D eigenvalue weighted by atomic mass is 35.5. The van der Waals surface area contributed by atoms with Gasteiger partial charge >= 0.3 is 0 Å². The molecular weight excluding hydrogens is 286 g/mol. The predicted molar refractivity (Wildman–Crippen MR) is 82.4 cm³/mol. The van der Waals surface area contributed by atoms with Gasteiger partial charge in [0.2, 0.25) is 0 Å². The van der Waals surface area contributed by atoms with Gasteiger partial charge in [-0.05, 0) is 30.3 Å². The molecule has 0 bridgehead atoms. The van der Waals surface area contributed by atoms with Gasteiger partial charge in [-0.15, -0.1) is 0 Å². The van der Waals surface area contributed by atoms with E-state index in [-0.39, 0.29) is 5.91 Å². The molecule has 0 aliphatic carbocycles. The quantitative estimate of drug-likeness (QED) is 0.751. The maximum Gasteiger partial charge on any atom is 0.257 e. The van der Waals surface area contributed by atoms with Gasteiger partial charge in [-0.2, -0.15) is 5.26 Å². The number of carbonyl (C=O) groups is 1. The van der Waals surface area contributed by atoms with Crippen LogP contribution in [0.5, 0.6) is 0 Å². The van der Waals surface area contributed by atoms with Crippen LogP contribution in [0.25, 0.3) is 10.9 Å². The average molecular weight is 296 g/mol. The van der Waals surface area contributed by atoms with E-state index in [0.717, 1.165) is 10.9 Å². The number of carbonyl (C=O) groups excluding carboxylic acids is 1. The van der Waals surface area contributed by atoms with Crippen LogP contribution in [0.2, 0.25) is 5.02 Å². The van der Waals surface area contributed by atoms with Crippen molar-refractivity contribution in [2.24, 2.45) is 0 Å². The first-order valence-electron chi connectivity index (χ1n) is 6.26. The number of nitrogens with one attached hydrogen (secondary N) is 2. The summed E-state index contributed by atoms with van der Waals surface area (Å²) in [7, 11) is 0. The van der Waals surface area contributed by atoms with E-state index >= 15 is 0 Å². The zero-order valence-electron chi connectivity index (χ0n) is 10.9. The highest BCUT2D eigenvalue weighted by Gasteiger charge is 2.11. The molecule has 102 valence electrons. The molecule has 0 atom stereocenters. The van der Waals surface area contributed by atoms with Gasteiger partial charge in [0.15, 0.2) is 0 Å².